The number of nitrogens with zero attached hydrogens (tertiary/aromatic N) is 2. The molecule has 0 fully saturated rings. The van der Waals surface area contributed by atoms with Gasteiger partial charge in [-0.2, -0.15) is 4.99 Å². The van der Waals surface area contributed by atoms with E-state index in [0.717, 1.165) is 20.9 Å². The summed E-state index contributed by atoms with van der Waals surface area (Å²) in [5.41, 5.74) is 0.967. The number of para-hydroxylation sites is 1. The van der Waals surface area contributed by atoms with Crippen LogP contribution in [0.3, 0.4) is 0 Å². The van der Waals surface area contributed by atoms with Crippen molar-refractivity contribution in [3.05, 3.63) is 53.1 Å². The Morgan fingerprint density at radius 2 is 2.04 bits per heavy atom. The molecule has 0 spiro atoms. The molecule has 0 saturated heterocycles. The average molecular weight is 391 g/mol. The lowest BCUT2D eigenvalue weighted by atomic mass is 10.3. The second-order valence-electron chi connectivity index (χ2n) is 5.49. The van der Waals surface area contributed by atoms with Crippen LogP contribution in [0.25, 0.3) is 10.2 Å². The van der Waals surface area contributed by atoms with Gasteiger partial charge in [0.05, 0.1) is 11.8 Å². The van der Waals surface area contributed by atoms with Crippen molar-refractivity contribution in [2.24, 2.45) is 4.99 Å². The molecular formula is C19H19FN2O2S2. The Morgan fingerprint density at radius 3 is 2.73 bits per heavy atom. The molecule has 4 nitrogen and oxygen atoms in total. The molecular weight excluding hydrogens is 371 g/mol. The minimum absolute atomic E-state index is 0.160. The predicted molar refractivity (Wildman–Crippen MR) is 104 cm³/mol. The molecule has 0 bridgehead atoms. The lowest BCUT2D eigenvalue weighted by molar-refractivity contribution is -0.117. The van der Waals surface area contributed by atoms with Crippen LogP contribution >= 0.6 is 23.1 Å². The SMILES string of the molecule is CCn1c(=NC(=O)CCSc2ccc(F)cc2)sc2cccc(OC)c21. The van der Waals surface area contributed by atoms with Crippen LogP contribution in [0.15, 0.2) is 52.4 Å². The van der Waals surface area contributed by atoms with Crippen molar-refractivity contribution in [1.82, 2.24) is 4.57 Å². The van der Waals surface area contributed by atoms with Gasteiger partial charge in [-0.15, -0.1) is 11.8 Å². The number of aryl methyl sites for hydroxylation is 1. The fourth-order valence-electron chi connectivity index (χ4n) is 2.59. The largest absolute Gasteiger partial charge is 0.495 e. The third-order valence-corrected chi connectivity index (χ3v) is 5.88. The molecule has 3 rings (SSSR count). The lowest BCUT2D eigenvalue weighted by Gasteiger charge is -2.05. The summed E-state index contributed by atoms with van der Waals surface area (Å²) in [6.07, 6.45) is 0.330. The topological polar surface area (TPSA) is 43.6 Å². The van der Waals surface area contributed by atoms with Crippen LogP contribution in [0.4, 0.5) is 4.39 Å². The first-order valence-corrected chi connectivity index (χ1v) is 10.0. The lowest BCUT2D eigenvalue weighted by Crippen LogP contribution is -2.16. The van der Waals surface area contributed by atoms with Gasteiger partial charge >= 0.3 is 0 Å². The number of methoxy groups -OCH3 is 1. The zero-order valence-electron chi connectivity index (χ0n) is 14.6. The van der Waals surface area contributed by atoms with Crippen molar-refractivity contribution in [3.8, 4) is 5.75 Å². The highest BCUT2D eigenvalue weighted by atomic mass is 32.2. The summed E-state index contributed by atoms with van der Waals surface area (Å²) < 4.78 is 21.4. The number of hydrogen-bond donors (Lipinski definition) is 0. The fraction of sp³-hybridized carbons (Fsp3) is 0.263. The third-order valence-electron chi connectivity index (χ3n) is 3.82. The van der Waals surface area contributed by atoms with Crippen LogP contribution in [-0.2, 0) is 11.3 Å². The highest BCUT2D eigenvalue weighted by Crippen LogP contribution is 2.27. The Bertz CT molecular complexity index is 977. The molecule has 1 heterocycles. The van der Waals surface area contributed by atoms with Gasteiger partial charge in [0.25, 0.3) is 0 Å². The Labute approximate surface area is 159 Å². The highest BCUT2D eigenvalue weighted by Gasteiger charge is 2.11. The molecule has 3 aromatic rings. The molecule has 0 aliphatic carbocycles. The zero-order valence-corrected chi connectivity index (χ0v) is 16.2. The first-order chi connectivity index (χ1) is 12.6. The molecule has 26 heavy (non-hydrogen) atoms. The predicted octanol–water partition coefficient (Wildman–Crippen LogP) is 4.48. The van der Waals surface area contributed by atoms with E-state index in [2.05, 4.69) is 4.99 Å². The van der Waals surface area contributed by atoms with Gasteiger partial charge in [0.15, 0.2) is 4.80 Å². The number of carbonyl (C=O) groups is 1. The molecule has 7 heteroatoms. The van der Waals surface area contributed by atoms with Crippen molar-refractivity contribution in [3.63, 3.8) is 0 Å². The molecule has 0 unspecified atom stereocenters. The molecule has 0 saturated carbocycles. The smallest absolute Gasteiger partial charge is 0.249 e. The summed E-state index contributed by atoms with van der Waals surface area (Å²) in [6, 6.07) is 12.1. The number of fused-ring (bicyclic) bond motifs is 1. The van der Waals surface area contributed by atoms with E-state index in [4.69, 9.17) is 4.74 Å². The van der Waals surface area contributed by atoms with Gasteiger partial charge < -0.3 is 9.30 Å². The Kier molecular flexibility index (Phi) is 6.11. The van der Waals surface area contributed by atoms with Crippen molar-refractivity contribution >= 4 is 39.2 Å². The average Bonchev–Trinajstić information content (AvgIpc) is 3.00. The number of aromatic nitrogens is 1. The van der Waals surface area contributed by atoms with Crippen molar-refractivity contribution in [1.29, 1.82) is 0 Å². The second kappa shape index (κ2) is 8.51. The summed E-state index contributed by atoms with van der Waals surface area (Å²) in [5, 5.41) is 0. The maximum absolute atomic E-state index is 12.9. The van der Waals surface area contributed by atoms with Crippen LogP contribution in [0.5, 0.6) is 5.75 Å². The summed E-state index contributed by atoms with van der Waals surface area (Å²) in [4.78, 5) is 18.2. The van der Waals surface area contributed by atoms with Crippen LogP contribution in [0.1, 0.15) is 13.3 Å². The number of thiazole rings is 1. The molecule has 0 atom stereocenters. The quantitative estimate of drug-likeness (QED) is 0.583. The standard InChI is InChI=1S/C19H19FN2O2S2/c1-3-22-18-15(24-2)5-4-6-16(18)26-19(22)21-17(23)11-12-25-14-9-7-13(20)8-10-14/h4-10H,3,11-12H2,1-2H3. The van der Waals surface area contributed by atoms with Gasteiger partial charge in [-0.1, -0.05) is 17.4 Å². The number of ether oxygens (including phenoxy) is 1. The molecule has 1 amide bonds. The van der Waals surface area contributed by atoms with Crippen molar-refractivity contribution in [2.45, 2.75) is 24.8 Å². The van der Waals surface area contributed by atoms with Gasteiger partial charge in [-0.05, 0) is 43.3 Å². The Hall–Kier alpha value is -2.12. The second-order valence-corrected chi connectivity index (χ2v) is 7.67. The summed E-state index contributed by atoms with van der Waals surface area (Å²) >= 11 is 3.00. The maximum atomic E-state index is 12.9. The maximum Gasteiger partial charge on any atom is 0.249 e. The van der Waals surface area contributed by atoms with E-state index in [1.54, 1.807) is 19.2 Å². The minimum Gasteiger partial charge on any atom is -0.495 e. The molecule has 2 aromatic carbocycles. The third kappa shape index (κ3) is 4.16. The molecule has 0 radical (unpaired) electrons. The van der Waals surface area contributed by atoms with Gasteiger partial charge in [-0.25, -0.2) is 4.39 Å². The fourth-order valence-corrected chi connectivity index (χ4v) is 4.56. The van der Waals surface area contributed by atoms with Crippen molar-refractivity contribution in [2.75, 3.05) is 12.9 Å². The zero-order chi connectivity index (χ0) is 18.5. The number of rotatable bonds is 6. The highest BCUT2D eigenvalue weighted by molar-refractivity contribution is 7.99. The molecule has 136 valence electrons. The van der Waals surface area contributed by atoms with Crippen LogP contribution in [-0.4, -0.2) is 23.3 Å². The van der Waals surface area contributed by atoms with Gasteiger partial charge in [0.2, 0.25) is 5.91 Å². The van der Waals surface area contributed by atoms with E-state index >= 15 is 0 Å². The molecule has 0 aliphatic heterocycles. The summed E-state index contributed by atoms with van der Waals surface area (Å²) in [6.45, 7) is 2.73. The van der Waals surface area contributed by atoms with E-state index in [1.165, 1.54) is 35.2 Å². The Balaban J connectivity index is 1.76. The van der Waals surface area contributed by atoms with E-state index in [1.807, 2.05) is 29.7 Å². The van der Waals surface area contributed by atoms with Gasteiger partial charge in [-0.3, -0.25) is 4.79 Å². The summed E-state index contributed by atoms with van der Waals surface area (Å²) in [5.74, 6) is 0.965. The number of halogens is 1. The first-order valence-electron chi connectivity index (χ1n) is 8.24. The number of amides is 1. The van der Waals surface area contributed by atoms with Crippen LogP contribution in [0.2, 0.25) is 0 Å². The van der Waals surface area contributed by atoms with Gasteiger partial charge in [0, 0.05) is 23.6 Å². The summed E-state index contributed by atoms with van der Waals surface area (Å²) in [7, 11) is 1.64. The number of hydrogen-bond acceptors (Lipinski definition) is 4. The van der Waals surface area contributed by atoms with Crippen LogP contribution < -0.4 is 9.54 Å². The molecule has 0 aliphatic rings. The number of carbonyl (C=O) groups excluding carboxylic acids is 1. The van der Waals surface area contributed by atoms with Crippen molar-refractivity contribution < 1.29 is 13.9 Å². The monoisotopic (exact) mass is 390 g/mol. The molecule has 1 aromatic heterocycles. The van der Waals surface area contributed by atoms with E-state index in [9.17, 15) is 9.18 Å². The normalized spacial score (nSPS) is 11.9. The van der Waals surface area contributed by atoms with Gasteiger partial charge in [0.1, 0.15) is 17.1 Å². The number of benzene rings is 2. The van der Waals surface area contributed by atoms with Crippen LogP contribution in [0, 0.1) is 5.82 Å². The van der Waals surface area contributed by atoms with E-state index < -0.39 is 0 Å². The van der Waals surface area contributed by atoms with E-state index in [-0.39, 0.29) is 11.7 Å². The Morgan fingerprint density at radius 1 is 1.27 bits per heavy atom. The molecule has 0 N–H and O–H groups in total. The number of thioether (sulfide) groups is 1. The first kappa shape index (κ1) is 18.7. The van der Waals surface area contributed by atoms with E-state index in [0.29, 0.717) is 23.5 Å². The minimum atomic E-state index is -0.260.